The number of carbonyl (C=O) groups is 2. The van der Waals surface area contributed by atoms with Crippen molar-refractivity contribution in [3.05, 3.63) is 34.9 Å². The molecule has 1 amide bonds. The van der Waals surface area contributed by atoms with Crippen molar-refractivity contribution in [2.24, 2.45) is 11.8 Å². The lowest BCUT2D eigenvalue weighted by Gasteiger charge is -2.07. The van der Waals surface area contributed by atoms with Crippen LogP contribution in [0.5, 0.6) is 0 Å². The summed E-state index contributed by atoms with van der Waals surface area (Å²) in [5.74, 6) is -1.79. The van der Waals surface area contributed by atoms with E-state index in [9.17, 15) is 9.59 Å². The number of nitrogens with one attached hydrogen (secondary N) is 1. The zero-order chi connectivity index (χ0) is 13.4. The lowest BCUT2D eigenvalue weighted by Crippen LogP contribution is -2.25. The molecular weight excluding hydrogens is 242 g/mol. The third kappa shape index (κ3) is 2.48. The van der Waals surface area contributed by atoms with Gasteiger partial charge in [0.05, 0.1) is 11.8 Å². The van der Waals surface area contributed by atoms with E-state index in [1.807, 2.05) is 6.07 Å². The molecule has 0 saturated heterocycles. The number of fused-ring (bicyclic) bond motifs is 1. The van der Waals surface area contributed by atoms with Crippen LogP contribution >= 0.6 is 0 Å². The number of benzene rings is 1. The molecule has 4 heteroatoms. The highest BCUT2D eigenvalue weighted by Crippen LogP contribution is 2.38. The molecule has 2 atom stereocenters. The van der Waals surface area contributed by atoms with Gasteiger partial charge in [-0.2, -0.15) is 0 Å². The molecule has 1 aromatic carbocycles. The van der Waals surface area contributed by atoms with E-state index < -0.39 is 11.9 Å². The Balaban J connectivity index is 1.55. The van der Waals surface area contributed by atoms with Gasteiger partial charge < -0.3 is 10.4 Å². The average molecular weight is 259 g/mol. The zero-order valence-electron chi connectivity index (χ0n) is 10.7. The molecule has 1 saturated carbocycles. The molecule has 2 aliphatic carbocycles. The zero-order valence-corrected chi connectivity index (χ0v) is 10.7. The van der Waals surface area contributed by atoms with Crippen LogP contribution < -0.4 is 5.32 Å². The van der Waals surface area contributed by atoms with E-state index in [0.717, 1.165) is 18.4 Å². The van der Waals surface area contributed by atoms with Gasteiger partial charge in [0.25, 0.3) is 0 Å². The molecule has 0 aliphatic heterocycles. The molecule has 0 bridgehead atoms. The standard InChI is InChI=1S/C15H17NO3/c17-14(12-7-13(12)15(18)19)16-8-9-4-5-10-2-1-3-11(10)6-9/h4-6,12-13H,1-3,7-8H2,(H,16,17)(H,18,19)/t12-,13+/m0/s1. The summed E-state index contributed by atoms with van der Waals surface area (Å²) < 4.78 is 0. The number of carboxylic acids is 1. The lowest BCUT2D eigenvalue weighted by molar-refractivity contribution is -0.140. The molecule has 4 nitrogen and oxygen atoms in total. The minimum Gasteiger partial charge on any atom is -0.481 e. The van der Waals surface area contributed by atoms with Crippen LogP contribution in [-0.2, 0) is 29.0 Å². The fourth-order valence-electron chi connectivity index (χ4n) is 2.81. The SMILES string of the molecule is O=C(NCc1ccc2c(c1)CCC2)[C@H]1C[C@H]1C(=O)O. The number of rotatable bonds is 4. The second kappa shape index (κ2) is 4.68. The van der Waals surface area contributed by atoms with Crippen LogP contribution in [0.15, 0.2) is 18.2 Å². The first-order valence-corrected chi connectivity index (χ1v) is 6.76. The van der Waals surface area contributed by atoms with E-state index in [1.54, 1.807) is 0 Å². The van der Waals surface area contributed by atoms with E-state index in [1.165, 1.54) is 17.5 Å². The molecule has 0 aromatic heterocycles. The van der Waals surface area contributed by atoms with Crippen LogP contribution in [0.25, 0.3) is 0 Å². The Kier molecular flexibility index (Phi) is 3.01. The maximum absolute atomic E-state index is 11.8. The molecular formula is C15H17NO3. The van der Waals surface area contributed by atoms with Crippen molar-refractivity contribution < 1.29 is 14.7 Å². The van der Waals surface area contributed by atoms with Gasteiger partial charge in [-0.3, -0.25) is 9.59 Å². The normalized spacial score (nSPS) is 23.8. The molecule has 1 aromatic rings. The maximum atomic E-state index is 11.8. The van der Waals surface area contributed by atoms with E-state index >= 15 is 0 Å². The summed E-state index contributed by atoms with van der Waals surface area (Å²) in [4.78, 5) is 22.5. The number of aryl methyl sites for hydroxylation is 2. The first kappa shape index (κ1) is 12.2. The largest absolute Gasteiger partial charge is 0.481 e. The Bertz CT molecular complexity index is 538. The molecule has 0 unspecified atom stereocenters. The van der Waals surface area contributed by atoms with Crippen LogP contribution in [0, 0.1) is 11.8 Å². The van der Waals surface area contributed by atoms with Gasteiger partial charge in [-0.1, -0.05) is 18.2 Å². The Hall–Kier alpha value is -1.84. The Morgan fingerprint density at radius 3 is 2.74 bits per heavy atom. The van der Waals surface area contributed by atoms with Gasteiger partial charge in [0.2, 0.25) is 5.91 Å². The van der Waals surface area contributed by atoms with Crippen molar-refractivity contribution in [1.82, 2.24) is 5.32 Å². The van der Waals surface area contributed by atoms with Crippen LogP contribution in [0.1, 0.15) is 29.5 Å². The Labute approximate surface area is 111 Å². The molecule has 0 spiro atoms. The molecule has 0 heterocycles. The number of carbonyl (C=O) groups excluding carboxylic acids is 1. The second-order valence-corrected chi connectivity index (χ2v) is 5.46. The van der Waals surface area contributed by atoms with Crippen molar-refractivity contribution >= 4 is 11.9 Å². The second-order valence-electron chi connectivity index (χ2n) is 5.46. The van der Waals surface area contributed by atoms with Crippen molar-refractivity contribution in [3.63, 3.8) is 0 Å². The van der Waals surface area contributed by atoms with Crippen LogP contribution in [0.3, 0.4) is 0 Å². The van der Waals surface area contributed by atoms with Crippen LogP contribution in [-0.4, -0.2) is 17.0 Å². The highest BCUT2D eigenvalue weighted by Gasteiger charge is 2.48. The van der Waals surface area contributed by atoms with E-state index in [2.05, 4.69) is 17.4 Å². The number of carboxylic acid groups (broad SMARTS) is 1. The van der Waals surface area contributed by atoms with Crippen LogP contribution in [0.2, 0.25) is 0 Å². The van der Waals surface area contributed by atoms with Gasteiger partial charge in [-0.25, -0.2) is 0 Å². The Morgan fingerprint density at radius 2 is 2.00 bits per heavy atom. The molecule has 2 aliphatic rings. The molecule has 19 heavy (non-hydrogen) atoms. The van der Waals surface area contributed by atoms with Crippen molar-refractivity contribution in [2.75, 3.05) is 0 Å². The predicted octanol–water partition coefficient (Wildman–Crippen LogP) is 1.51. The summed E-state index contributed by atoms with van der Waals surface area (Å²) in [7, 11) is 0. The first-order valence-electron chi connectivity index (χ1n) is 6.76. The fourth-order valence-corrected chi connectivity index (χ4v) is 2.81. The fraction of sp³-hybridized carbons (Fsp3) is 0.467. The molecule has 1 fully saturated rings. The van der Waals surface area contributed by atoms with Gasteiger partial charge in [0.15, 0.2) is 0 Å². The molecule has 0 radical (unpaired) electrons. The quantitative estimate of drug-likeness (QED) is 0.861. The molecule has 2 N–H and O–H groups in total. The summed E-state index contributed by atoms with van der Waals surface area (Å²) >= 11 is 0. The van der Waals surface area contributed by atoms with Crippen molar-refractivity contribution in [1.29, 1.82) is 0 Å². The van der Waals surface area contributed by atoms with Crippen molar-refractivity contribution in [2.45, 2.75) is 32.2 Å². The van der Waals surface area contributed by atoms with Crippen LogP contribution in [0.4, 0.5) is 0 Å². The number of hydrogen-bond donors (Lipinski definition) is 2. The summed E-state index contributed by atoms with van der Waals surface area (Å²) in [5, 5.41) is 11.6. The Morgan fingerprint density at radius 1 is 1.21 bits per heavy atom. The maximum Gasteiger partial charge on any atom is 0.307 e. The minimum atomic E-state index is -0.863. The monoisotopic (exact) mass is 259 g/mol. The van der Waals surface area contributed by atoms with E-state index in [4.69, 9.17) is 5.11 Å². The van der Waals surface area contributed by atoms with Crippen molar-refractivity contribution in [3.8, 4) is 0 Å². The number of aliphatic carboxylic acids is 1. The highest BCUT2D eigenvalue weighted by molar-refractivity contribution is 5.89. The number of amides is 1. The summed E-state index contributed by atoms with van der Waals surface area (Å²) in [6.07, 6.45) is 3.98. The third-order valence-electron chi connectivity index (χ3n) is 4.07. The summed E-state index contributed by atoms with van der Waals surface area (Å²) in [6.45, 7) is 0.495. The lowest BCUT2D eigenvalue weighted by atomic mass is 10.1. The van der Waals surface area contributed by atoms with E-state index in [-0.39, 0.29) is 11.8 Å². The molecule has 100 valence electrons. The first-order chi connectivity index (χ1) is 9.15. The van der Waals surface area contributed by atoms with Gasteiger partial charge >= 0.3 is 5.97 Å². The molecule has 3 rings (SSSR count). The predicted molar refractivity (Wildman–Crippen MR) is 69.5 cm³/mol. The third-order valence-corrected chi connectivity index (χ3v) is 4.07. The van der Waals surface area contributed by atoms with Gasteiger partial charge in [-0.05, 0) is 42.4 Å². The smallest absolute Gasteiger partial charge is 0.307 e. The topological polar surface area (TPSA) is 66.4 Å². The van der Waals surface area contributed by atoms with Gasteiger partial charge in [0.1, 0.15) is 0 Å². The summed E-state index contributed by atoms with van der Waals surface area (Å²) in [5.41, 5.74) is 3.91. The number of hydrogen-bond acceptors (Lipinski definition) is 2. The van der Waals surface area contributed by atoms with Gasteiger partial charge in [-0.15, -0.1) is 0 Å². The minimum absolute atomic E-state index is 0.132. The van der Waals surface area contributed by atoms with Gasteiger partial charge in [0, 0.05) is 6.54 Å². The summed E-state index contributed by atoms with van der Waals surface area (Å²) in [6, 6.07) is 6.34. The van der Waals surface area contributed by atoms with E-state index in [0.29, 0.717) is 13.0 Å². The average Bonchev–Trinajstić information content (AvgIpc) is 3.07. The highest BCUT2D eigenvalue weighted by atomic mass is 16.4.